The van der Waals surface area contributed by atoms with Gasteiger partial charge in [-0.3, -0.25) is 0 Å². The van der Waals surface area contributed by atoms with E-state index < -0.39 is 0 Å². The molecule has 19 heavy (non-hydrogen) atoms. The summed E-state index contributed by atoms with van der Waals surface area (Å²) in [5, 5.41) is 12.0. The van der Waals surface area contributed by atoms with Gasteiger partial charge in [0.15, 0.2) is 0 Å². The van der Waals surface area contributed by atoms with Crippen LogP contribution in [0.25, 0.3) is 0 Å². The van der Waals surface area contributed by atoms with Crippen LogP contribution in [-0.4, -0.2) is 11.0 Å². The van der Waals surface area contributed by atoms with E-state index >= 15 is 0 Å². The second-order valence-corrected chi connectivity index (χ2v) is 4.51. The Morgan fingerprint density at radius 2 is 2.11 bits per heavy atom. The lowest BCUT2D eigenvalue weighted by molar-refractivity contribution is 0.785. The first-order valence-corrected chi connectivity index (χ1v) is 6.15. The lowest BCUT2D eigenvalue weighted by Gasteiger charge is -2.16. The predicted octanol–water partition coefficient (Wildman–Crippen LogP) is 2.58. The molecule has 1 atom stereocenters. The first-order valence-electron chi connectivity index (χ1n) is 6.15. The number of nitrogens with two attached hydrogens (primary N) is 1. The Hall–Kier alpha value is -2.54. The highest BCUT2D eigenvalue weighted by atomic mass is 15.0. The Balaban J connectivity index is 2.03. The fourth-order valence-electron chi connectivity index (χ4n) is 1.92. The third kappa shape index (κ3) is 3.46. The molecule has 1 aromatic carbocycles. The van der Waals surface area contributed by atoms with Gasteiger partial charge in [0.2, 0.25) is 0 Å². The number of pyridine rings is 1. The average Bonchev–Trinajstić information content (AvgIpc) is 2.42. The van der Waals surface area contributed by atoms with Gasteiger partial charge in [0.1, 0.15) is 11.9 Å². The van der Waals surface area contributed by atoms with E-state index in [1.807, 2.05) is 24.3 Å². The Morgan fingerprint density at radius 1 is 1.37 bits per heavy atom. The van der Waals surface area contributed by atoms with E-state index in [9.17, 15) is 0 Å². The normalized spacial score (nSPS) is 11.6. The van der Waals surface area contributed by atoms with Crippen molar-refractivity contribution in [3.05, 3.63) is 53.7 Å². The maximum absolute atomic E-state index is 8.76. The Kier molecular flexibility index (Phi) is 3.99. The lowest BCUT2D eigenvalue weighted by atomic mass is 10.1. The van der Waals surface area contributed by atoms with Crippen LogP contribution in [0.3, 0.4) is 0 Å². The molecule has 4 nitrogen and oxygen atoms in total. The van der Waals surface area contributed by atoms with Crippen LogP contribution < -0.4 is 11.1 Å². The zero-order valence-electron chi connectivity index (χ0n) is 10.8. The minimum absolute atomic E-state index is 0.213. The van der Waals surface area contributed by atoms with E-state index in [4.69, 9.17) is 11.0 Å². The van der Waals surface area contributed by atoms with Gasteiger partial charge in [0, 0.05) is 12.2 Å². The van der Waals surface area contributed by atoms with Crippen LogP contribution in [0.5, 0.6) is 0 Å². The topological polar surface area (TPSA) is 74.7 Å². The number of hydrogen-bond donors (Lipinski definition) is 2. The third-order valence-electron chi connectivity index (χ3n) is 2.81. The molecule has 2 rings (SSSR count). The number of nitriles is 1. The maximum Gasteiger partial charge on any atom is 0.149 e. The van der Waals surface area contributed by atoms with Crippen LogP contribution in [0.2, 0.25) is 0 Å². The Bertz CT molecular complexity index is 587. The number of nitrogens with one attached hydrogen (secondary N) is 1. The standard InChI is InChI=1S/C15H16N4/c1-11(7-12-5-3-2-4-6-12)19-15-14(17)8-13(9-16)10-18-15/h2-6,8,10-11H,7,17H2,1H3,(H,18,19). The van der Waals surface area contributed by atoms with Crippen molar-refractivity contribution in [2.45, 2.75) is 19.4 Å². The summed E-state index contributed by atoms with van der Waals surface area (Å²) in [6, 6.07) is 14.1. The second-order valence-electron chi connectivity index (χ2n) is 4.51. The van der Waals surface area contributed by atoms with Crippen LogP contribution in [0.1, 0.15) is 18.1 Å². The number of rotatable bonds is 4. The maximum atomic E-state index is 8.76. The summed E-state index contributed by atoms with van der Waals surface area (Å²) in [5.41, 5.74) is 8.09. The third-order valence-corrected chi connectivity index (χ3v) is 2.81. The molecule has 0 amide bonds. The van der Waals surface area contributed by atoms with Gasteiger partial charge in [0.05, 0.1) is 11.3 Å². The molecule has 0 aliphatic carbocycles. The van der Waals surface area contributed by atoms with Crippen molar-refractivity contribution < 1.29 is 0 Å². The van der Waals surface area contributed by atoms with Gasteiger partial charge >= 0.3 is 0 Å². The fraction of sp³-hybridized carbons (Fsp3) is 0.200. The SMILES string of the molecule is CC(Cc1ccccc1)Nc1ncc(C#N)cc1N. The van der Waals surface area contributed by atoms with Crippen LogP contribution in [0.4, 0.5) is 11.5 Å². The van der Waals surface area contributed by atoms with Crippen LogP contribution in [0.15, 0.2) is 42.6 Å². The molecule has 4 heteroatoms. The number of anilines is 2. The Labute approximate surface area is 112 Å². The van der Waals surface area contributed by atoms with Crippen molar-refractivity contribution in [2.24, 2.45) is 0 Å². The minimum atomic E-state index is 0.213. The Morgan fingerprint density at radius 3 is 2.74 bits per heavy atom. The highest BCUT2D eigenvalue weighted by Gasteiger charge is 2.07. The number of aromatic nitrogens is 1. The van der Waals surface area contributed by atoms with Crippen molar-refractivity contribution in [1.82, 2.24) is 4.98 Å². The molecule has 0 saturated heterocycles. The number of hydrogen-bond acceptors (Lipinski definition) is 4. The molecular formula is C15H16N4. The van der Waals surface area contributed by atoms with E-state index in [1.54, 1.807) is 6.07 Å². The molecule has 1 unspecified atom stereocenters. The number of benzene rings is 1. The molecule has 0 saturated carbocycles. The predicted molar refractivity (Wildman–Crippen MR) is 76.6 cm³/mol. The molecule has 0 aliphatic heterocycles. The summed E-state index contributed by atoms with van der Waals surface area (Å²) in [6.45, 7) is 2.08. The molecule has 96 valence electrons. The van der Waals surface area contributed by atoms with Gasteiger partial charge in [-0.15, -0.1) is 0 Å². The number of nitrogens with zero attached hydrogens (tertiary/aromatic N) is 2. The van der Waals surface area contributed by atoms with Gasteiger partial charge in [-0.25, -0.2) is 4.98 Å². The zero-order chi connectivity index (χ0) is 13.7. The fourth-order valence-corrected chi connectivity index (χ4v) is 1.92. The van der Waals surface area contributed by atoms with E-state index in [-0.39, 0.29) is 6.04 Å². The largest absolute Gasteiger partial charge is 0.396 e. The molecule has 0 fully saturated rings. The molecular weight excluding hydrogens is 236 g/mol. The molecule has 2 aromatic rings. The summed E-state index contributed by atoms with van der Waals surface area (Å²) < 4.78 is 0. The zero-order valence-corrected chi connectivity index (χ0v) is 10.8. The summed E-state index contributed by atoms with van der Waals surface area (Å²) in [5.74, 6) is 0.627. The smallest absolute Gasteiger partial charge is 0.149 e. The average molecular weight is 252 g/mol. The van der Waals surface area contributed by atoms with Gasteiger partial charge < -0.3 is 11.1 Å². The van der Waals surface area contributed by atoms with Gasteiger partial charge in [-0.1, -0.05) is 30.3 Å². The highest BCUT2D eigenvalue weighted by Crippen LogP contribution is 2.17. The van der Waals surface area contributed by atoms with Crippen LogP contribution in [0, 0.1) is 11.3 Å². The second kappa shape index (κ2) is 5.87. The molecule has 0 radical (unpaired) electrons. The summed E-state index contributed by atoms with van der Waals surface area (Å²) in [6.07, 6.45) is 2.41. The minimum Gasteiger partial charge on any atom is -0.396 e. The molecule has 1 heterocycles. The highest BCUT2D eigenvalue weighted by molar-refractivity contribution is 5.63. The summed E-state index contributed by atoms with van der Waals surface area (Å²) in [7, 11) is 0. The van der Waals surface area contributed by atoms with Crippen LogP contribution >= 0.6 is 0 Å². The van der Waals surface area contributed by atoms with E-state index in [0.29, 0.717) is 17.1 Å². The van der Waals surface area contributed by atoms with Crippen LogP contribution in [-0.2, 0) is 6.42 Å². The molecule has 0 spiro atoms. The first-order chi connectivity index (χ1) is 9.19. The molecule has 0 bridgehead atoms. The summed E-state index contributed by atoms with van der Waals surface area (Å²) >= 11 is 0. The summed E-state index contributed by atoms with van der Waals surface area (Å²) in [4.78, 5) is 4.17. The van der Waals surface area contributed by atoms with Crippen molar-refractivity contribution in [2.75, 3.05) is 11.1 Å². The lowest BCUT2D eigenvalue weighted by Crippen LogP contribution is -2.19. The van der Waals surface area contributed by atoms with E-state index in [0.717, 1.165) is 6.42 Å². The number of nitrogen functional groups attached to an aromatic ring is 1. The van der Waals surface area contributed by atoms with E-state index in [2.05, 4.69) is 29.4 Å². The van der Waals surface area contributed by atoms with Gasteiger partial charge in [-0.2, -0.15) is 5.26 Å². The van der Waals surface area contributed by atoms with Crippen molar-refractivity contribution >= 4 is 11.5 Å². The van der Waals surface area contributed by atoms with Gasteiger partial charge in [-0.05, 0) is 25.0 Å². The molecule has 1 aromatic heterocycles. The van der Waals surface area contributed by atoms with Gasteiger partial charge in [0.25, 0.3) is 0 Å². The molecule has 3 N–H and O–H groups in total. The first kappa shape index (κ1) is 12.9. The quantitative estimate of drug-likeness (QED) is 0.877. The van der Waals surface area contributed by atoms with Crippen molar-refractivity contribution in [1.29, 1.82) is 5.26 Å². The molecule has 0 aliphatic rings. The van der Waals surface area contributed by atoms with E-state index in [1.165, 1.54) is 11.8 Å². The van der Waals surface area contributed by atoms with Crippen molar-refractivity contribution in [3.63, 3.8) is 0 Å². The van der Waals surface area contributed by atoms with Crippen molar-refractivity contribution in [3.8, 4) is 6.07 Å². The monoisotopic (exact) mass is 252 g/mol.